The number of nitrogens with two attached hydrogens (primary N) is 1. The van der Waals surface area contributed by atoms with E-state index >= 15 is 0 Å². The van der Waals surface area contributed by atoms with Gasteiger partial charge in [-0.25, -0.2) is 4.31 Å². The predicted octanol–water partition coefficient (Wildman–Crippen LogP) is 4.09. The van der Waals surface area contributed by atoms with Gasteiger partial charge in [-0.1, -0.05) is 12.1 Å². The smallest absolute Gasteiger partial charge is 0.334 e. The van der Waals surface area contributed by atoms with Crippen molar-refractivity contribution in [2.45, 2.75) is 27.7 Å². The van der Waals surface area contributed by atoms with E-state index in [0.717, 1.165) is 0 Å². The summed E-state index contributed by atoms with van der Waals surface area (Å²) in [5.74, 6) is -0.687. The Hall–Kier alpha value is -0.410. The number of hydrogen-bond donors (Lipinski definition) is 2. The lowest BCUT2D eigenvalue weighted by molar-refractivity contribution is 0.0997. The summed E-state index contributed by atoms with van der Waals surface area (Å²) in [4.78, 5) is 10.5. The van der Waals surface area contributed by atoms with E-state index in [2.05, 4.69) is 0 Å². The molecule has 0 aliphatic rings. The minimum absolute atomic E-state index is 0.0741. The Bertz CT molecular complexity index is 627. The molecule has 156 valence electrons. The van der Waals surface area contributed by atoms with Gasteiger partial charge in [-0.05, 0) is 63.4 Å². The molecule has 3 N–H and O–H groups in total. The largest absolute Gasteiger partial charge is 0.507 e. The number of carbonyl (C=O) groups excluding carboxylic acids is 1. The molecule has 27 heavy (non-hydrogen) atoms. The molecule has 0 aliphatic carbocycles. The first-order valence-electron chi connectivity index (χ1n) is 8.24. The number of amides is 1. The highest BCUT2D eigenvalue weighted by atomic mass is 32.5. The molecule has 0 radical (unpaired) electrons. The molecule has 8 nitrogen and oxygen atoms in total. The Kier molecular flexibility index (Phi) is 13.5. The SMILES string of the molecule is CCOP(=S)(OCC)OP(=S)(OCC)OCC.NC(=O)c1ccccc1O. The zero-order valence-corrected chi connectivity index (χ0v) is 19.2. The molecule has 0 unspecified atom stereocenters. The molecular formula is C15H27NO7P2S2. The third-order valence-electron chi connectivity index (χ3n) is 2.52. The zero-order valence-electron chi connectivity index (χ0n) is 15.8. The van der Waals surface area contributed by atoms with Crippen molar-refractivity contribution in [2.75, 3.05) is 26.4 Å². The lowest BCUT2D eigenvalue weighted by Gasteiger charge is -2.27. The van der Waals surface area contributed by atoms with Gasteiger partial charge in [-0.2, -0.15) is 0 Å². The Morgan fingerprint density at radius 3 is 1.56 bits per heavy atom. The van der Waals surface area contributed by atoms with Crippen LogP contribution in [-0.4, -0.2) is 37.4 Å². The molecule has 0 aliphatic heterocycles. The number of benzene rings is 1. The van der Waals surface area contributed by atoms with Crippen LogP contribution in [0.5, 0.6) is 5.75 Å². The molecule has 0 heterocycles. The summed E-state index contributed by atoms with van der Waals surface area (Å²) in [6.45, 7) is 3.09. The minimum Gasteiger partial charge on any atom is -0.507 e. The predicted molar refractivity (Wildman–Crippen MR) is 113 cm³/mol. The minimum atomic E-state index is -2.87. The highest BCUT2D eigenvalue weighted by Gasteiger charge is 2.31. The van der Waals surface area contributed by atoms with E-state index in [1.54, 1.807) is 12.1 Å². The van der Waals surface area contributed by atoms with Crippen LogP contribution in [-0.2, 0) is 46.0 Å². The Balaban J connectivity index is 0.000000569. The van der Waals surface area contributed by atoms with E-state index in [1.165, 1.54) is 12.1 Å². The van der Waals surface area contributed by atoms with Gasteiger partial charge in [0, 0.05) is 0 Å². The number of rotatable bonds is 11. The van der Waals surface area contributed by atoms with Gasteiger partial charge in [0.2, 0.25) is 0 Å². The number of phenols is 1. The van der Waals surface area contributed by atoms with Gasteiger partial charge >= 0.3 is 13.4 Å². The van der Waals surface area contributed by atoms with Gasteiger partial charge in [0.15, 0.2) is 0 Å². The first-order valence-corrected chi connectivity index (χ1v) is 13.3. The molecule has 0 atom stereocenters. The summed E-state index contributed by atoms with van der Waals surface area (Å²) in [6.07, 6.45) is 0. The number of para-hydroxylation sites is 1. The van der Waals surface area contributed by atoms with Crippen LogP contribution in [0.25, 0.3) is 0 Å². The lowest BCUT2D eigenvalue weighted by atomic mass is 10.2. The maximum Gasteiger partial charge on any atom is 0.334 e. The van der Waals surface area contributed by atoms with Crippen LogP contribution in [0.15, 0.2) is 24.3 Å². The number of carbonyl (C=O) groups is 1. The molecule has 0 fully saturated rings. The highest BCUT2D eigenvalue weighted by Crippen LogP contribution is 2.66. The zero-order chi connectivity index (χ0) is 20.9. The molecule has 0 aromatic heterocycles. The van der Waals surface area contributed by atoms with Crippen molar-refractivity contribution in [3.63, 3.8) is 0 Å². The summed E-state index contributed by atoms with van der Waals surface area (Å²) >= 11 is 10.4. The van der Waals surface area contributed by atoms with Gasteiger partial charge in [0.1, 0.15) is 5.75 Å². The van der Waals surface area contributed by atoms with E-state index in [1.807, 2.05) is 27.7 Å². The van der Waals surface area contributed by atoms with Crippen molar-refractivity contribution < 1.29 is 32.3 Å². The summed E-state index contributed by atoms with van der Waals surface area (Å²) in [6, 6.07) is 6.15. The first kappa shape index (κ1) is 26.6. The molecule has 1 rings (SSSR count). The van der Waals surface area contributed by atoms with Crippen molar-refractivity contribution in [1.82, 2.24) is 0 Å². The summed E-state index contributed by atoms with van der Waals surface area (Å²) in [5.41, 5.74) is 5.07. The maximum absolute atomic E-state index is 10.5. The Labute approximate surface area is 170 Å². The maximum atomic E-state index is 10.5. The van der Waals surface area contributed by atoms with Crippen LogP contribution in [0.1, 0.15) is 38.1 Å². The van der Waals surface area contributed by atoms with Crippen molar-refractivity contribution in [1.29, 1.82) is 0 Å². The van der Waals surface area contributed by atoms with E-state index in [0.29, 0.717) is 26.4 Å². The normalized spacial score (nSPS) is 11.6. The van der Waals surface area contributed by atoms with E-state index in [4.69, 9.17) is 56.9 Å². The van der Waals surface area contributed by atoms with Crippen LogP contribution >= 0.6 is 13.4 Å². The lowest BCUT2D eigenvalue weighted by Crippen LogP contribution is -2.10. The molecule has 1 amide bonds. The average Bonchev–Trinajstić information content (AvgIpc) is 2.56. The van der Waals surface area contributed by atoms with Gasteiger partial charge in [-0.3, -0.25) is 4.79 Å². The molecular weight excluding hydrogens is 432 g/mol. The molecule has 1 aromatic rings. The molecule has 0 saturated heterocycles. The number of aromatic hydroxyl groups is 1. The van der Waals surface area contributed by atoms with Crippen LogP contribution < -0.4 is 5.73 Å². The third kappa shape index (κ3) is 10.6. The second-order valence-corrected chi connectivity index (χ2v) is 10.7. The van der Waals surface area contributed by atoms with Gasteiger partial charge in [0.05, 0.1) is 32.0 Å². The van der Waals surface area contributed by atoms with Gasteiger partial charge < -0.3 is 28.9 Å². The second kappa shape index (κ2) is 13.7. The topological polar surface area (TPSA) is 109 Å². The first-order chi connectivity index (χ1) is 12.7. The van der Waals surface area contributed by atoms with E-state index < -0.39 is 19.3 Å². The molecule has 1 aromatic carbocycles. The standard InChI is InChI=1S/C8H20O5P2S2.C7H7NO2/c1-5-9-14(16,10-6-2)13-15(17,11-7-3)12-8-4;8-7(10)5-3-1-2-4-6(5)9/h5-8H2,1-4H3;1-4,9H,(H2,8,10). The van der Waals surface area contributed by atoms with E-state index in [-0.39, 0.29) is 11.3 Å². The molecule has 0 saturated carbocycles. The highest BCUT2D eigenvalue weighted by molar-refractivity contribution is 8.14. The molecule has 0 bridgehead atoms. The second-order valence-electron chi connectivity index (χ2n) is 4.53. The van der Waals surface area contributed by atoms with Gasteiger partial charge in [0.25, 0.3) is 5.91 Å². The van der Waals surface area contributed by atoms with Crippen LogP contribution in [0, 0.1) is 0 Å². The van der Waals surface area contributed by atoms with Crippen LogP contribution in [0.3, 0.4) is 0 Å². The number of hydrogen-bond acceptors (Lipinski definition) is 9. The third-order valence-corrected chi connectivity index (χ3v) is 8.88. The van der Waals surface area contributed by atoms with Crippen LogP contribution in [0.2, 0.25) is 0 Å². The van der Waals surface area contributed by atoms with E-state index in [9.17, 15) is 4.79 Å². The van der Waals surface area contributed by atoms with Crippen molar-refractivity contribution in [3.05, 3.63) is 29.8 Å². The van der Waals surface area contributed by atoms with Crippen LogP contribution in [0.4, 0.5) is 0 Å². The fourth-order valence-corrected chi connectivity index (χ4v) is 7.98. The quantitative estimate of drug-likeness (QED) is 0.473. The molecule has 12 heteroatoms. The van der Waals surface area contributed by atoms with Crippen molar-refractivity contribution >= 4 is 43.0 Å². The van der Waals surface area contributed by atoms with Crippen molar-refractivity contribution in [3.8, 4) is 5.75 Å². The summed E-state index contributed by atoms with van der Waals surface area (Å²) in [7, 11) is 0. The fraction of sp³-hybridized carbons (Fsp3) is 0.533. The molecule has 0 spiro atoms. The Morgan fingerprint density at radius 1 is 0.926 bits per heavy atom. The van der Waals surface area contributed by atoms with Gasteiger partial charge in [-0.15, -0.1) is 0 Å². The monoisotopic (exact) mass is 459 g/mol. The Morgan fingerprint density at radius 2 is 1.30 bits per heavy atom. The summed E-state index contributed by atoms with van der Waals surface area (Å²) in [5, 5.41) is 8.98. The fourth-order valence-electron chi connectivity index (χ4n) is 1.61. The van der Waals surface area contributed by atoms with Crippen molar-refractivity contribution in [2.24, 2.45) is 5.73 Å². The summed E-state index contributed by atoms with van der Waals surface area (Å²) < 4.78 is 26.9. The average molecular weight is 459 g/mol. The number of primary amides is 1.